The third kappa shape index (κ3) is 3.68. The van der Waals surface area contributed by atoms with Crippen LogP contribution >= 0.6 is 11.6 Å². The fourth-order valence-corrected chi connectivity index (χ4v) is 3.94. The van der Waals surface area contributed by atoms with Crippen LogP contribution in [0.4, 0.5) is 0 Å². The Morgan fingerprint density at radius 1 is 1.07 bits per heavy atom. The predicted molar refractivity (Wildman–Crippen MR) is 108 cm³/mol. The number of sulfonamides is 1. The molecule has 144 valence electrons. The smallest absolute Gasteiger partial charge is 0.244 e. The number of carbonyl (C=O) groups is 1. The molecule has 1 N–H and O–H groups in total. The molecule has 0 atom stereocenters. The first-order chi connectivity index (χ1) is 13.3. The van der Waals surface area contributed by atoms with Gasteiger partial charge in [0.1, 0.15) is 0 Å². The molecule has 8 heteroatoms. The Morgan fingerprint density at radius 2 is 1.64 bits per heavy atom. The second-order valence-electron chi connectivity index (χ2n) is 7.01. The largest absolute Gasteiger partial charge is 0.273 e. The van der Waals surface area contributed by atoms with Gasteiger partial charge < -0.3 is 0 Å². The summed E-state index contributed by atoms with van der Waals surface area (Å²) in [5, 5.41) is 4.76. The second-order valence-corrected chi connectivity index (χ2v) is 9.20. The fraction of sp³-hybridized carbons (Fsp3) is 0.200. The van der Waals surface area contributed by atoms with Crippen LogP contribution in [-0.4, -0.2) is 30.4 Å². The lowest BCUT2D eigenvalue weighted by molar-refractivity contribution is -0.121. The van der Waals surface area contributed by atoms with E-state index in [2.05, 4.69) is 9.82 Å². The Balaban J connectivity index is 1.54. The van der Waals surface area contributed by atoms with Crippen LogP contribution in [0.3, 0.4) is 0 Å². The molecule has 1 aliphatic carbocycles. The van der Waals surface area contributed by atoms with E-state index in [0.29, 0.717) is 17.9 Å². The number of hydrogen-bond acceptors (Lipinski definition) is 4. The van der Waals surface area contributed by atoms with Crippen molar-refractivity contribution in [3.63, 3.8) is 0 Å². The van der Waals surface area contributed by atoms with Crippen molar-refractivity contribution in [3.8, 4) is 16.8 Å². The highest BCUT2D eigenvalue weighted by atomic mass is 35.5. The van der Waals surface area contributed by atoms with Gasteiger partial charge in [0, 0.05) is 6.20 Å². The molecule has 0 aliphatic heterocycles. The van der Waals surface area contributed by atoms with Crippen LogP contribution in [-0.2, 0) is 20.2 Å². The van der Waals surface area contributed by atoms with Crippen LogP contribution in [0.5, 0.6) is 0 Å². The first kappa shape index (κ1) is 18.7. The summed E-state index contributed by atoms with van der Waals surface area (Å²) in [6.45, 7) is 0. The maximum atomic E-state index is 12.4. The summed E-state index contributed by atoms with van der Waals surface area (Å²) in [4.78, 5) is 12.4. The molecule has 0 unspecified atom stereocenters. The van der Waals surface area contributed by atoms with Crippen molar-refractivity contribution in [1.82, 2.24) is 14.5 Å². The lowest BCUT2D eigenvalue weighted by Crippen LogP contribution is -2.38. The minimum Gasteiger partial charge on any atom is -0.273 e. The van der Waals surface area contributed by atoms with Crippen molar-refractivity contribution in [2.75, 3.05) is 6.26 Å². The van der Waals surface area contributed by atoms with Crippen molar-refractivity contribution in [3.05, 3.63) is 71.5 Å². The first-order valence-electron chi connectivity index (χ1n) is 8.71. The molecule has 3 aromatic rings. The van der Waals surface area contributed by atoms with Crippen molar-refractivity contribution in [1.29, 1.82) is 0 Å². The number of amides is 1. The van der Waals surface area contributed by atoms with E-state index in [1.165, 1.54) is 0 Å². The molecule has 1 aromatic heterocycles. The fourth-order valence-electron chi connectivity index (χ4n) is 3.27. The molecule has 2 aromatic carbocycles. The van der Waals surface area contributed by atoms with E-state index in [-0.39, 0.29) is 0 Å². The van der Waals surface area contributed by atoms with Crippen LogP contribution in [0, 0.1) is 0 Å². The van der Waals surface area contributed by atoms with Crippen LogP contribution in [0.2, 0.25) is 5.02 Å². The Morgan fingerprint density at radius 3 is 2.11 bits per heavy atom. The number of nitrogens with one attached hydrogen (secondary N) is 1. The minimum absolute atomic E-state index is 0.454. The number of rotatable bonds is 5. The number of carbonyl (C=O) groups excluding carboxylic acids is 1. The zero-order chi connectivity index (χ0) is 19.9. The molecule has 1 heterocycles. The Hall–Kier alpha value is -2.64. The number of halogens is 1. The van der Waals surface area contributed by atoms with Crippen LogP contribution in [0.25, 0.3) is 16.8 Å². The van der Waals surface area contributed by atoms with E-state index in [9.17, 15) is 13.2 Å². The second kappa shape index (κ2) is 6.76. The van der Waals surface area contributed by atoms with Gasteiger partial charge in [-0.15, -0.1) is 0 Å². The Labute approximate surface area is 168 Å². The van der Waals surface area contributed by atoms with Crippen LogP contribution < -0.4 is 4.72 Å². The monoisotopic (exact) mass is 415 g/mol. The quantitative estimate of drug-likeness (QED) is 0.693. The van der Waals surface area contributed by atoms with Crippen LogP contribution in [0.1, 0.15) is 18.4 Å². The zero-order valence-electron chi connectivity index (χ0n) is 15.1. The molecule has 28 heavy (non-hydrogen) atoms. The van der Waals surface area contributed by atoms with Gasteiger partial charge in [0.05, 0.1) is 28.6 Å². The third-order valence-corrected chi connectivity index (χ3v) is 5.67. The third-order valence-electron chi connectivity index (χ3n) is 4.92. The summed E-state index contributed by atoms with van der Waals surface area (Å²) < 4.78 is 26.6. The van der Waals surface area contributed by atoms with E-state index in [4.69, 9.17) is 11.6 Å². The first-order valence-corrected chi connectivity index (χ1v) is 11.0. The van der Waals surface area contributed by atoms with E-state index in [1.54, 1.807) is 17.1 Å². The van der Waals surface area contributed by atoms with Gasteiger partial charge in [-0.25, -0.2) is 13.1 Å². The average Bonchev–Trinajstić information content (AvgIpc) is 3.36. The topological polar surface area (TPSA) is 81.1 Å². The highest BCUT2D eigenvalue weighted by Gasteiger charge is 2.51. The van der Waals surface area contributed by atoms with Gasteiger partial charge in [-0.1, -0.05) is 48.0 Å². The molecule has 0 spiro atoms. The molecule has 6 nitrogen and oxygen atoms in total. The van der Waals surface area contributed by atoms with E-state index < -0.39 is 21.3 Å². The Bertz CT molecular complexity index is 1130. The van der Waals surface area contributed by atoms with Crippen LogP contribution in [0.15, 0.2) is 60.9 Å². The van der Waals surface area contributed by atoms with Gasteiger partial charge in [0.25, 0.3) is 0 Å². The maximum absolute atomic E-state index is 12.4. The van der Waals surface area contributed by atoms with Gasteiger partial charge >= 0.3 is 0 Å². The summed E-state index contributed by atoms with van der Waals surface area (Å²) in [5.74, 6) is -0.454. The van der Waals surface area contributed by atoms with Gasteiger partial charge in [0.2, 0.25) is 15.9 Å². The van der Waals surface area contributed by atoms with Crippen molar-refractivity contribution in [2.45, 2.75) is 18.3 Å². The van der Waals surface area contributed by atoms with Crippen molar-refractivity contribution >= 4 is 27.5 Å². The lowest BCUT2D eigenvalue weighted by Gasteiger charge is -2.15. The molecular formula is C20H18ClN3O3S. The van der Waals surface area contributed by atoms with Gasteiger partial charge in [-0.3, -0.25) is 9.52 Å². The normalized spacial score (nSPS) is 15.2. The summed E-state index contributed by atoms with van der Waals surface area (Å²) in [6, 6.07) is 15.6. The number of nitrogens with zero attached hydrogens (tertiary/aromatic N) is 2. The summed E-state index contributed by atoms with van der Waals surface area (Å²) in [6.07, 6.45) is 5.61. The predicted octanol–water partition coefficient (Wildman–Crippen LogP) is 3.30. The standard InChI is InChI=1S/C20H18ClN3O3S/c1-28(26,27)23-19(25)20(10-11-20)16-6-2-14(3-7-16)15-4-8-18(9-5-15)24-13-17(21)12-22-24/h2-9,12-13H,10-11H2,1H3,(H,23,25). The lowest BCUT2D eigenvalue weighted by atomic mass is 9.93. The molecule has 1 amide bonds. The van der Waals surface area contributed by atoms with E-state index in [0.717, 1.165) is 28.6 Å². The molecule has 1 saturated carbocycles. The maximum Gasteiger partial charge on any atom is 0.244 e. The van der Waals surface area contributed by atoms with Crippen molar-refractivity contribution < 1.29 is 13.2 Å². The van der Waals surface area contributed by atoms with Gasteiger partial charge in [-0.05, 0) is 41.7 Å². The SMILES string of the molecule is CS(=O)(=O)NC(=O)C1(c2ccc(-c3ccc(-n4cc(Cl)cn4)cc3)cc2)CC1. The number of benzene rings is 2. The molecule has 1 aliphatic rings. The molecule has 0 saturated heterocycles. The molecular weight excluding hydrogens is 398 g/mol. The number of aromatic nitrogens is 2. The minimum atomic E-state index is -3.57. The zero-order valence-corrected chi connectivity index (χ0v) is 16.7. The molecule has 4 rings (SSSR count). The summed E-state index contributed by atoms with van der Waals surface area (Å²) in [7, 11) is -3.57. The van der Waals surface area contributed by atoms with E-state index in [1.807, 2.05) is 48.5 Å². The highest BCUT2D eigenvalue weighted by Crippen LogP contribution is 2.48. The number of hydrogen-bond donors (Lipinski definition) is 1. The molecule has 0 radical (unpaired) electrons. The molecule has 1 fully saturated rings. The summed E-state index contributed by atoms with van der Waals surface area (Å²) >= 11 is 5.91. The van der Waals surface area contributed by atoms with E-state index >= 15 is 0 Å². The summed E-state index contributed by atoms with van der Waals surface area (Å²) in [5.41, 5.74) is 3.04. The van der Waals surface area contributed by atoms with Gasteiger partial charge in [-0.2, -0.15) is 5.10 Å². The molecule has 0 bridgehead atoms. The highest BCUT2D eigenvalue weighted by molar-refractivity contribution is 7.89. The van der Waals surface area contributed by atoms with Crippen molar-refractivity contribution in [2.24, 2.45) is 0 Å². The average molecular weight is 416 g/mol. The Kier molecular flexibility index (Phi) is 4.51. The van der Waals surface area contributed by atoms with Gasteiger partial charge in [0.15, 0.2) is 0 Å².